The van der Waals surface area contributed by atoms with Gasteiger partial charge in [0.1, 0.15) is 11.6 Å². The number of nitrogens with one attached hydrogen (secondary N) is 2. The molecule has 176 valence electrons. The van der Waals surface area contributed by atoms with E-state index < -0.39 is 5.82 Å². The molecule has 0 bridgehead atoms. The molecule has 6 nitrogen and oxygen atoms in total. The number of benzene rings is 2. The number of hydrogen-bond donors (Lipinski definition) is 2. The second-order valence-corrected chi connectivity index (χ2v) is 8.93. The van der Waals surface area contributed by atoms with Crippen LogP contribution in [-0.2, 0) is 6.54 Å². The number of nitrogens with zero attached hydrogens (tertiary/aromatic N) is 2. The molecule has 8 heteroatoms. The van der Waals surface area contributed by atoms with Crippen LogP contribution in [0.5, 0.6) is 0 Å². The fourth-order valence-electron chi connectivity index (χ4n) is 4.80. The minimum atomic E-state index is -0.410. The highest BCUT2D eigenvalue weighted by Gasteiger charge is 2.45. The van der Waals surface area contributed by atoms with E-state index in [9.17, 15) is 18.4 Å². The molecule has 2 aliphatic rings. The number of carbonyl (C=O) groups is 2. The number of ketones is 1. The Balaban J connectivity index is 1.36. The van der Waals surface area contributed by atoms with Gasteiger partial charge in [0.2, 0.25) is 0 Å². The van der Waals surface area contributed by atoms with Crippen LogP contribution < -0.4 is 15.5 Å². The van der Waals surface area contributed by atoms with Crippen molar-refractivity contribution in [2.24, 2.45) is 0 Å². The first-order chi connectivity index (χ1) is 15.8. The van der Waals surface area contributed by atoms with Crippen LogP contribution in [0.4, 0.5) is 25.0 Å². The predicted octanol–water partition coefficient (Wildman–Crippen LogP) is 4.55. The van der Waals surface area contributed by atoms with Crippen molar-refractivity contribution in [2.75, 3.05) is 36.9 Å². The monoisotopic (exact) mass is 456 g/mol. The summed E-state index contributed by atoms with van der Waals surface area (Å²) >= 11 is 0. The van der Waals surface area contributed by atoms with Crippen LogP contribution in [0.25, 0.3) is 0 Å². The molecule has 1 saturated heterocycles. The number of anilines is 2. The van der Waals surface area contributed by atoms with Gasteiger partial charge in [-0.2, -0.15) is 0 Å². The summed E-state index contributed by atoms with van der Waals surface area (Å²) in [6.07, 6.45) is 2.51. The molecule has 33 heavy (non-hydrogen) atoms. The van der Waals surface area contributed by atoms with E-state index in [-0.39, 0.29) is 23.2 Å². The maximum absolute atomic E-state index is 13.9. The number of Topliss-reactive ketones (excluding diaryl/α,β-unsaturated/α-hetero) is 1. The SMILES string of the molecule is CCCNc1cc(CNC(=O)N2CCC3(CC2)CC(=O)c2cc(F)ccc2N3C)ccc1F. The Morgan fingerprint density at radius 3 is 2.61 bits per heavy atom. The van der Waals surface area contributed by atoms with Crippen molar-refractivity contribution in [1.82, 2.24) is 10.2 Å². The third kappa shape index (κ3) is 4.65. The molecule has 2 amide bonds. The van der Waals surface area contributed by atoms with Gasteiger partial charge in [-0.25, -0.2) is 13.6 Å². The number of hydrogen-bond acceptors (Lipinski definition) is 4. The van der Waals surface area contributed by atoms with Crippen LogP contribution in [0.2, 0.25) is 0 Å². The number of likely N-dealkylation sites (tertiary alicyclic amines) is 1. The second-order valence-electron chi connectivity index (χ2n) is 8.93. The number of urea groups is 1. The van der Waals surface area contributed by atoms with Gasteiger partial charge < -0.3 is 20.4 Å². The van der Waals surface area contributed by atoms with Crippen LogP contribution in [0.1, 0.15) is 48.5 Å². The van der Waals surface area contributed by atoms with Gasteiger partial charge in [-0.1, -0.05) is 13.0 Å². The molecule has 0 aliphatic carbocycles. The minimum absolute atomic E-state index is 0.0516. The normalized spacial score (nSPS) is 17.2. The summed E-state index contributed by atoms with van der Waals surface area (Å²) in [7, 11) is 1.94. The number of piperidine rings is 1. The average Bonchev–Trinajstić information content (AvgIpc) is 2.81. The van der Waals surface area contributed by atoms with Gasteiger partial charge >= 0.3 is 6.03 Å². The molecule has 0 unspecified atom stereocenters. The Bertz CT molecular complexity index is 1050. The summed E-state index contributed by atoms with van der Waals surface area (Å²) in [5, 5.41) is 5.97. The standard InChI is InChI=1S/C25H30F2N4O2/c1-3-10-28-21-13-17(4-6-20(21)27)16-29-24(33)31-11-8-25(9-12-31)15-23(32)19-14-18(26)5-7-22(19)30(25)2/h4-7,13-14,28H,3,8-12,15-16H2,1-2H3,(H,29,33). The van der Waals surface area contributed by atoms with Gasteiger partial charge in [0.15, 0.2) is 5.78 Å². The van der Waals surface area contributed by atoms with Crippen molar-refractivity contribution in [3.05, 3.63) is 59.2 Å². The lowest BCUT2D eigenvalue weighted by Crippen LogP contribution is -2.59. The summed E-state index contributed by atoms with van der Waals surface area (Å²) in [6, 6.07) is 8.97. The van der Waals surface area contributed by atoms with Crippen molar-refractivity contribution >= 4 is 23.2 Å². The summed E-state index contributed by atoms with van der Waals surface area (Å²) in [5.41, 5.74) is 2.06. The van der Waals surface area contributed by atoms with Crippen molar-refractivity contribution in [3.8, 4) is 0 Å². The molecule has 0 saturated carbocycles. The zero-order valence-electron chi connectivity index (χ0n) is 19.1. The summed E-state index contributed by atoms with van der Waals surface area (Å²) in [5.74, 6) is -0.771. The van der Waals surface area contributed by atoms with E-state index in [2.05, 4.69) is 15.5 Å². The van der Waals surface area contributed by atoms with Crippen molar-refractivity contribution < 1.29 is 18.4 Å². The van der Waals surface area contributed by atoms with E-state index in [1.807, 2.05) is 14.0 Å². The first-order valence-electron chi connectivity index (χ1n) is 11.4. The summed E-state index contributed by atoms with van der Waals surface area (Å²) in [4.78, 5) is 29.3. The van der Waals surface area contributed by atoms with Crippen LogP contribution >= 0.6 is 0 Å². The number of amides is 2. The Morgan fingerprint density at radius 1 is 1.12 bits per heavy atom. The first-order valence-corrected chi connectivity index (χ1v) is 11.4. The number of carbonyl (C=O) groups excluding carboxylic acids is 2. The number of halogens is 2. The lowest BCUT2D eigenvalue weighted by Gasteiger charge is -2.50. The lowest BCUT2D eigenvalue weighted by atomic mass is 9.77. The minimum Gasteiger partial charge on any atom is -0.383 e. The van der Waals surface area contributed by atoms with Crippen molar-refractivity contribution in [3.63, 3.8) is 0 Å². The fourth-order valence-corrected chi connectivity index (χ4v) is 4.80. The van der Waals surface area contributed by atoms with Crippen molar-refractivity contribution in [2.45, 2.75) is 44.7 Å². The quantitative estimate of drug-likeness (QED) is 0.693. The van der Waals surface area contributed by atoms with Gasteiger partial charge in [-0.15, -0.1) is 0 Å². The molecule has 2 aliphatic heterocycles. The van der Waals surface area contributed by atoms with E-state index >= 15 is 0 Å². The Hall–Kier alpha value is -3.16. The number of fused-ring (bicyclic) bond motifs is 1. The fraction of sp³-hybridized carbons (Fsp3) is 0.440. The van der Waals surface area contributed by atoms with Crippen molar-refractivity contribution in [1.29, 1.82) is 0 Å². The van der Waals surface area contributed by atoms with Gasteiger partial charge in [0, 0.05) is 50.9 Å². The first kappa shape index (κ1) is 23.0. The highest BCUT2D eigenvalue weighted by atomic mass is 19.1. The third-order valence-electron chi connectivity index (χ3n) is 6.84. The maximum Gasteiger partial charge on any atom is 0.317 e. The molecule has 2 aromatic carbocycles. The van der Waals surface area contributed by atoms with Gasteiger partial charge in [-0.3, -0.25) is 4.79 Å². The van der Waals surface area contributed by atoms with E-state index in [0.29, 0.717) is 56.7 Å². The molecule has 0 atom stereocenters. The van der Waals surface area contributed by atoms with Gasteiger partial charge in [-0.05, 0) is 55.2 Å². The maximum atomic E-state index is 13.9. The molecule has 2 aromatic rings. The van der Waals surface area contributed by atoms with Crippen LogP contribution in [-0.4, -0.2) is 48.9 Å². The third-order valence-corrected chi connectivity index (χ3v) is 6.84. The largest absolute Gasteiger partial charge is 0.383 e. The molecular formula is C25H30F2N4O2. The van der Waals surface area contributed by atoms with E-state index in [0.717, 1.165) is 17.7 Å². The van der Waals surface area contributed by atoms with E-state index in [4.69, 9.17) is 0 Å². The Kier molecular flexibility index (Phi) is 6.54. The molecule has 2 heterocycles. The predicted molar refractivity (Wildman–Crippen MR) is 125 cm³/mol. The van der Waals surface area contributed by atoms with E-state index in [1.165, 1.54) is 18.2 Å². The molecule has 0 aromatic heterocycles. The van der Waals surface area contributed by atoms with Gasteiger partial charge in [0.05, 0.1) is 11.2 Å². The highest BCUT2D eigenvalue weighted by molar-refractivity contribution is 6.04. The molecular weight excluding hydrogens is 426 g/mol. The summed E-state index contributed by atoms with van der Waals surface area (Å²) in [6.45, 7) is 4.04. The molecule has 1 fully saturated rings. The zero-order valence-corrected chi connectivity index (χ0v) is 19.1. The molecule has 1 spiro atoms. The van der Waals surface area contributed by atoms with Crippen LogP contribution in [0, 0.1) is 11.6 Å². The Labute approximate surface area is 192 Å². The zero-order chi connectivity index (χ0) is 23.6. The average molecular weight is 457 g/mol. The Morgan fingerprint density at radius 2 is 1.88 bits per heavy atom. The lowest BCUT2D eigenvalue weighted by molar-refractivity contribution is 0.0890. The smallest absolute Gasteiger partial charge is 0.317 e. The molecule has 4 rings (SSSR count). The number of rotatable bonds is 5. The van der Waals surface area contributed by atoms with E-state index in [1.54, 1.807) is 23.1 Å². The molecule has 2 N–H and O–H groups in total. The van der Waals surface area contributed by atoms with Crippen LogP contribution in [0.15, 0.2) is 36.4 Å². The second kappa shape index (κ2) is 9.37. The molecule has 0 radical (unpaired) electrons. The van der Waals surface area contributed by atoms with Gasteiger partial charge in [0.25, 0.3) is 0 Å². The summed E-state index contributed by atoms with van der Waals surface area (Å²) < 4.78 is 27.5. The topological polar surface area (TPSA) is 64.7 Å². The highest BCUT2D eigenvalue weighted by Crippen LogP contribution is 2.41. The van der Waals surface area contributed by atoms with Crippen LogP contribution in [0.3, 0.4) is 0 Å².